The SMILES string of the molecule is [Fe].[SiH3]O[SiH3]. The molecule has 0 atom stereocenters. The molecule has 1 nitrogen and oxygen atoms in total. The summed E-state index contributed by atoms with van der Waals surface area (Å²) < 4.78 is 4.53. The predicted octanol–water partition coefficient (Wildman–Crippen LogP) is -2.44. The molecular weight excluding hydrogens is 128 g/mol. The third kappa shape index (κ3) is 12.8. The molecule has 4 heavy (non-hydrogen) atoms. The Hall–Kier alpha value is 0.913. The van der Waals surface area contributed by atoms with Gasteiger partial charge in [0.2, 0.25) is 0 Å². The van der Waals surface area contributed by atoms with E-state index in [1.807, 2.05) is 0 Å². The van der Waals surface area contributed by atoms with Crippen molar-refractivity contribution in [2.45, 2.75) is 0 Å². The van der Waals surface area contributed by atoms with Gasteiger partial charge in [0.1, 0.15) is 21.0 Å². The second-order valence-electron chi connectivity index (χ2n) is 0.408. The van der Waals surface area contributed by atoms with Gasteiger partial charge in [0.25, 0.3) is 0 Å². The Balaban J connectivity index is 0. The molecule has 0 aromatic carbocycles. The third-order valence-electron chi connectivity index (χ3n) is 0. The smallest absolute Gasteiger partial charge is 0.129 e. The van der Waals surface area contributed by atoms with Gasteiger partial charge in [-0.3, -0.25) is 0 Å². The molecule has 0 aromatic heterocycles. The number of hydrogen-bond donors (Lipinski definition) is 0. The number of rotatable bonds is 0. The first-order valence-corrected chi connectivity index (χ1v) is 2.45. The maximum absolute atomic E-state index is 4.53. The van der Waals surface area contributed by atoms with Crippen molar-refractivity contribution in [3.05, 3.63) is 0 Å². The van der Waals surface area contributed by atoms with Crippen LogP contribution >= 0.6 is 0 Å². The second-order valence-corrected chi connectivity index (χ2v) is 3.67. The summed E-state index contributed by atoms with van der Waals surface area (Å²) in [5.41, 5.74) is 0. The Morgan fingerprint density at radius 3 is 1.25 bits per heavy atom. The van der Waals surface area contributed by atoms with Gasteiger partial charge in [-0.2, -0.15) is 0 Å². The van der Waals surface area contributed by atoms with E-state index in [2.05, 4.69) is 4.12 Å². The second kappa shape index (κ2) is 9.07. The van der Waals surface area contributed by atoms with Gasteiger partial charge in [-0.15, -0.1) is 0 Å². The quantitative estimate of drug-likeness (QED) is 0.334. The van der Waals surface area contributed by atoms with Gasteiger partial charge in [0, 0.05) is 17.1 Å². The van der Waals surface area contributed by atoms with Crippen molar-refractivity contribution in [2.75, 3.05) is 0 Å². The van der Waals surface area contributed by atoms with Crippen molar-refractivity contribution in [3.8, 4) is 0 Å². The summed E-state index contributed by atoms with van der Waals surface area (Å²) in [6.07, 6.45) is 0. The van der Waals surface area contributed by atoms with E-state index in [0.717, 1.165) is 21.0 Å². The topological polar surface area (TPSA) is 9.23 Å². The van der Waals surface area contributed by atoms with Gasteiger partial charge in [-0.1, -0.05) is 0 Å². The minimum absolute atomic E-state index is 0. The van der Waals surface area contributed by atoms with E-state index in [-0.39, 0.29) is 17.1 Å². The summed E-state index contributed by atoms with van der Waals surface area (Å²) >= 11 is 0. The van der Waals surface area contributed by atoms with Gasteiger partial charge >= 0.3 is 0 Å². The first kappa shape index (κ1) is 8.87. The molecule has 4 heteroatoms. The Morgan fingerprint density at radius 1 is 1.25 bits per heavy atom. The van der Waals surface area contributed by atoms with E-state index in [9.17, 15) is 0 Å². The molecule has 0 rings (SSSR count). The van der Waals surface area contributed by atoms with Crippen LogP contribution in [0.2, 0.25) is 0 Å². The molecule has 0 saturated heterocycles. The molecule has 0 amide bonds. The molecule has 0 aliphatic rings. The Labute approximate surface area is 42.7 Å². The molecule has 28 valence electrons. The largest absolute Gasteiger partial charge is 0.471 e. The van der Waals surface area contributed by atoms with Crippen LogP contribution in [0.25, 0.3) is 0 Å². The van der Waals surface area contributed by atoms with E-state index in [1.54, 1.807) is 0 Å². The fourth-order valence-corrected chi connectivity index (χ4v) is 0. The molecule has 0 aromatic rings. The number of hydrogen-bond acceptors (Lipinski definition) is 1. The zero-order valence-corrected chi connectivity index (χ0v) is 7.87. The molecular formula is H6FeOSi2. The zero-order valence-electron chi connectivity index (χ0n) is 2.76. The van der Waals surface area contributed by atoms with Crippen molar-refractivity contribution in [1.29, 1.82) is 0 Å². The Kier molecular flexibility index (Phi) is 20.1. The minimum atomic E-state index is 0. The van der Waals surface area contributed by atoms with E-state index in [0.29, 0.717) is 0 Å². The first-order chi connectivity index (χ1) is 1.41. The Morgan fingerprint density at radius 2 is 1.25 bits per heavy atom. The zero-order chi connectivity index (χ0) is 2.71. The van der Waals surface area contributed by atoms with Crippen LogP contribution in [0.5, 0.6) is 0 Å². The normalized spacial score (nSPS) is 6.00. The average molecular weight is 134 g/mol. The summed E-state index contributed by atoms with van der Waals surface area (Å²) in [7, 11) is 1.86. The molecule has 0 fully saturated rings. The monoisotopic (exact) mass is 134 g/mol. The van der Waals surface area contributed by atoms with Gasteiger partial charge in [0.05, 0.1) is 0 Å². The van der Waals surface area contributed by atoms with Crippen molar-refractivity contribution in [2.24, 2.45) is 0 Å². The molecule has 0 unspecified atom stereocenters. The van der Waals surface area contributed by atoms with Gasteiger partial charge in [-0.25, -0.2) is 0 Å². The van der Waals surface area contributed by atoms with Crippen LogP contribution in [-0.2, 0) is 21.2 Å². The van der Waals surface area contributed by atoms with Crippen LogP contribution in [-0.4, -0.2) is 21.0 Å². The Bertz CT molecular complexity index is 6.00. The maximum atomic E-state index is 4.53. The summed E-state index contributed by atoms with van der Waals surface area (Å²) in [5.74, 6) is 0. The van der Waals surface area contributed by atoms with Gasteiger partial charge < -0.3 is 4.12 Å². The van der Waals surface area contributed by atoms with Gasteiger partial charge in [0.15, 0.2) is 0 Å². The minimum Gasteiger partial charge on any atom is -0.471 e. The van der Waals surface area contributed by atoms with Crippen LogP contribution in [0.15, 0.2) is 0 Å². The molecule has 0 aliphatic heterocycles. The van der Waals surface area contributed by atoms with Crippen LogP contribution in [0.4, 0.5) is 0 Å². The molecule has 0 heterocycles. The van der Waals surface area contributed by atoms with Crippen molar-refractivity contribution < 1.29 is 21.2 Å². The molecule has 0 aliphatic carbocycles. The van der Waals surface area contributed by atoms with Gasteiger partial charge in [-0.05, 0) is 0 Å². The first-order valence-electron chi connectivity index (χ1n) is 0.816. The maximum Gasteiger partial charge on any atom is 0.129 e. The van der Waals surface area contributed by atoms with Crippen LogP contribution in [0.3, 0.4) is 0 Å². The molecule has 0 spiro atoms. The van der Waals surface area contributed by atoms with Crippen LogP contribution < -0.4 is 0 Å². The fraction of sp³-hybridized carbons (Fsp3) is 0. The van der Waals surface area contributed by atoms with E-state index in [4.69, 9.17) is 0 Å². The average Bonchev–Trinajstić information content (AvgIpc) is 0.918. The summed E-state index contributed by atoms with van der Waals surface area (Å²) in [4.78, 5) is 0. The predicted molar refractivity (Wildman–Crippen MR) is 21.0 cm³/mol. The standard InChI is InChI=1S/Fe.H6OSi2/c;2-1-3/h;2-3H3. The van der Waals surface area contributed by atoms with E-state index in [1.165, 1.54) is 0 Å². The van der Waals surface area contributed by atoms with Crippen LogP contribution in [0.1, 0.15) is 0 Å². The van der Waals surface area contributed by atoms with Crippen molar-refractivity contribution in [1.82, 2.24) is 0 Å². The molecule has 0 N–H and O–H groups in total. The summed E-state index contributed by atoms with van der Waals surface area (Å²) in [6, 6.07) is 0. The van der Waals surface area contributed by atoms with Crippen LogP contribution in [0, 0.1) is 0 Å². The van der Waals surface area contributed by atoms with E-state index >= 15 is 0 Å². The summed E-state index contributed by atoms with van der Waals surface area (Å²) in [5, 5.41) is 0. The van der Waals surface area contributed by atoms with Crippen molar-refractivity contribution in [3.63, 3.8) is 0 Å². The molecule has 0 saturated carbocycles. The van der Waals surface area contributed by atoms with Crippen molar-refractivity contribution >= 4 is 21.0 Å². The fourth-order valence-electron chi connectivity index (χ4n) is 0. The van der Waals surface area contributed by atoms with E-state index < -0.39 is 0 Å². The third-order valence-corrected chi connectivity index (χ3v) is 0. The summed E-state index contributed by atoms with van der Waals surface area (Å²) in [6.45, 7) is 0. The molecule has 0 radical (unpaired) electrons. The molecule has 0 bridgehead atoms.